The summed E-state index contributed by atoms with van der Waals surface area (Å²) >= 11 is 0. The molecule has 1 aromatic rings. The molecule has 6 heteroatoms. The Balaban J connectivity index is 2.41. The molecule has 96 valence electrons. The zero-order valence-electron chi connectivity index (χ0n) is 10.3. The molecule has 1 aliphatic heterocycles. The second-order valence-corrected chi connectivity index (χ2v) is 4.01. The lowest BCUT2D eigenvalue weighted by Crippen LogP contribution is -2.47. The highest BCUT2D eigenvalue weighted by Gasteiger charge is 2.46. The summed E-state index contributed by atoms with van der Waals surface area (Å²) in [5.74, 6) is -1.04. The fourth-order valence-electron chi connectivity index (χ4n) is 2.11. The van der Waals surface area contributed by atoms with E-state index < -0.39 is 12.1 Å². The van der Waals surface area contributed by atoms with Crippen molar-refractivity contribution in [2.45, 2.75) is 13.1 Å². The van der Waals surface area contributed by atoms with Crippen LogP contribution in [0.2, 0.25) is 0 Å². The summed E-state index contributed by atoms with van der Waals surface area (Å²) in [7, 11) is 1.49. The Kier molecular flexibility index (Phi) is 3.20. The molecule has 18 heavy (non-hydrogen) atoms. The molecule has 1 fully saturated rings. The van der Waals surface area contributed by atoms with E-state index in [1.54, 1.807) is 12.1 Å². The zero-order chi connectivity index (χ0) is 13.3. The number of likely N-dealkylation sites (N-methyl/N-ethyl adjacent to an activating group) is 2. The molecule has 1 aliphatic rings. The van der Waals surface area contributed by atoms with Gasteiger partial charge in [-0.05, 0) is 12.1 Å². The standard InChI is InChI=1S/C12H15N3O3/c1-3-14-10(11(16)17)13(2)12(18)15(14)9-7-5-4-6-8-9/h4-8,10H,3H2,1-2H3,(H,16,17). The number of rotatable bonds is 3. The molecule has 2 amide bonds. The molecule has 1 unspecified atom stereocenters. The number of aliphatic carboxylic acids is 1. The minimum Gasteiger partial charge on any atom is -0.479 e. The number of hydrogen-bond acceptors (Lipinski definition) is 3. The van der Waals surface area contributed by atoms with Crippen molar-refractivity contribution in [3.63, 3.8) is 0 Å². The Morgan fingerprint density at radius 1 is 1.33 bits per heavy atom. The number of carboxylic acids is 1. The van der Waals surface area contributed by atoms with Gasteiger partial charge in [0.1, 0.15) is 0 Å². The summed E-state index contributed by atoms with van der Waals surface area (Å²) in [5.41, 5.74) is 0.667. The first-order valence-electron chi connectivity index (χ1n) is 5.69. The first kappa shape index (κ1) is 12.4. The van der Waals surface area contributed by atoms with Crippen LogP contribution >= 0.6 is 0 Å². The fraction of sp³-hybridized carbons (Fsp3) is 0.333. The van der Waals surface area contributed by atoms with Crippen molar-refractivity contribution < 1.29 is 14.7 Å². The van der Waals surface area contributed by atoms with Gasteiger partial charge in [0.05, 0.1) is 5.69 Å². The molecule has 0 radical (unpaired) electrons. The van der Waals surface area contributed by atoms with E-state index in [2.05, 4.69) is 0 Å². The van der Waals surface area contributed by atoms with E-state index in [9.17, 15) is 14.7 Å². The van der Waals surface area contributed by atoms with Crippen molar-refractivity contribution in [3.8, 4) is 0 Å². The quantitative estimate of drug-likeness (QED) is 0.874. The summed E-state index contributed by atoms with van der Waals surface area (Å²) in [6, 6.07) is 8.68. The molecule has 0 bridgehead atoms. The first-order chi connectivity index (χ1) is 8.57. The lowest BCUT2D eigenvalue weighted by Gasteiger charge is -2.27. The van der Waals surface area contributed by atoms with Gasteiger partial charge in [-0.15, -0.1) is 0 Å². The van der Waals surface area contributed by atoms with Gasteiger partial charge in [-0.1, -0.05) is 25.1 Å². The summed E-state index contributed by atoms with van der Waals surface area (Å²) in [6.45, 7) is 2.25. The van der Waals surface area contributed by atoms with Crippen molar-refractivity contribution in [2.24, 2.45) is 0 Å². The predicted octanol–water partition coefficient (Wildman–Crippen LogP) is 1.21. The Hall–Kier alpha value is -2.08. The zero-order valence-corrected chi connectivity index (χ0v) is 10.3. The Bertz CT molecular complexity index is 463. The number of carbonyl (C=O) groups is 2. The van der Waals surface area contributed by atoms with E-state index >= 15 is 0 Å². The summed E-state index contributed by atoms with van der Waals surface area (Å²) in [6.07, 6.45) is -0.956. The minimum atomic E-state index is -1.04. The van der Waals surface area contributed by atoms with Crippen LogP contribution in [0, 0.1) is 0 Å². The summed E-state index contributed by atoms with van der Waals surface area (Å²) in [4.78, 5) is 24.6. The third-order valence-corrected chi connectivity index (χ3v) is 2.93. The molecular formula is C12H15N3O3. The van der Waals surface area contributed by atoms with Gasteiger partial charge in [0.25, 0.3) is 0 Å². The maximum absolute atomic E-state index is 12.1. The molecule has 0 aliphatic carbocycles. The van der Waals surface area contributed by atoms with Crippen LogP contribution in [0.4, 0.5) is 10.5 Å². The van der Waals surface area contributed by atoms with Crippen molar-refractivity contribution in [1.29, 1.82) is 0 Å². The smallest absolute Gasteiger partial charge is 0.343 e. The molecule has 2 rings (SSSR count). The average Bonchev–Trinajstić information content (AvgIpc) is 2.63. The van der Waals surface area contributed by atoms with E-state index in [-0.39, 0.29) is 6.03 Å². The summed E-state index contributed by atoms with van der Waals surface area (Å²) in [5, 5.41) is 12.1. The molecule has 1 atom stereocenters. The number of benzene rings is 1. The van der Waals surface area contributed by atoms with Crippen LogP contribution in [0.3, 0.4) is 0 Å². The van der Waals surface area contributed by atoms with Crippen molar-refractivity contribution in [3.05, 3.63) is 30.3 Å². The highest BCUT2D eigenvalue weighted by Crippen LogP contribution is 2.26. The lowest BCUT2D eigenvalue weighted by atomic mass is 10.3. The van der Waals surface area contributed by atoms with Crippen LogP contribution in [-0.2, 0) is 4.79 Å². The number of para-hydroxylation sites is 1. The monoisotopic (exact) mass is 249 g/mol. The number of anilines is 1. The third kappa shape index (κ3) is 1.80. The summed E-state index contributed by atoms with van der Waals surface area (Å²) < 4.78 is 0. The van der Waals surface area contributed by atoms with Crippen molar-refractivity contribution in [2.75, 3.05) is 18.6 Å². The average molecular weight is 249 g/mol. The van der Waals surface area contributed by atoms with E-state index in [0.717, 1.165) is 0 Å². The molecule has 6 nitrogen and oxygen atoms in total. The van der Waals surface area contributed by atoms with E-state index in [0.29, 0.717) is 12.2 Å². The highest BCUT2D eigenvalue weighted by atomic mass is 16.4. The third-order valence-electron chi connectivity index (χ3n) is 2.93. The van der Waals surface area contributed by atoms with Gasteiger partial charge < -0.3 is 5.11 Å². The van der Waals surface area contributed by atoms with Gasteiger partial charge in [0, 0.05) is 13.6 Å². The van der Waals surface area contributed by atoms with Gasteiger partial charge in [-0.2, -0.15) is 5.01 Å². The molecule has 0 aromatic heterocycles. The normalized spacial score (nSPS) is 20.6. The van der Waals surface area contributed by atoms with Crippen molar-refractivity contribution in [1.82, 2.24) is 9.91 Å². The maximum Gasteiger partial charge on any atom is 0.343 e. The Labute approximate surface area is 105 Å². The fourth-order valence-corrected chi connectivity index (χ4v) is 2.11. The maximum atomic E-state index is 12.1. The second-order valence-electron chi connectivity index (χ2n) is 4.01. The van der Waals surface area contributed by atoms with E-state index in [1.807, 2.05) is 25.1 Å². The predicted molar refractivity (Wildman–Crippen MR) is 65.9 cm³/mol. The van der Waals surface area contributed by atoms with Crippen LogP contribution < -0.4 is 5.01 Å². The van der Waals surface area contributed by atoms with Crippen LogP contribution in [0.1, 0.15) is 6.92 Å². The van der Waals surface area contributed by atoms with E-state index in [1.165, 1.54) is 22.0 Å². The van der Waals surface area contributed by atoms with Crippen molar-refractivity contribution >= 4 is 17.7 Å². The number of nitrogens with zero attached hydrogens (tertiary/aromatic N) is 3. The van der Waals surface area contributed by atoms with Crippen LogP contribution in [0.15, 0.2) is 30.3 Å². The molecule has 1 aromatic carbocycles. The largest absolute Gasteiger partial charge is 0.479 e. The number of hydrazine groups is 1. The Morgan fingerprint density at radius 3 is 2.44 bits per heavy atom. The molecule has 0 spiro atoms. The molecule has 1 N–H and O–H groups in total. The van der Waals surface area contributed by atoms with Gasteiger partial charge in [0.15, 0.2) is 0 Å². The molecular weight excluding hydrogens is 234 g/mol. The number of urea groups is 1. The lowest BCUT2D eigenvalue weighted by molar-refractivity contribution is -0.146. The SMILES string of the molecule is CCN1C(C(=O)O)N(C)C(=O)N1c1ccccc1. The second kappa shape index (κ2) is 4.66. The Morgan fingerprint density at radius 2 is 1.94 bits per heavy atom. The van der Waals surface area contributed by atoms with Gasteiger partial charge in [-0.3, -0.25) is 4.90 Å². The number of amides is 2. The van der Waals surface area contributed by atoms with E-state index in [4.69, 9.17) is 0 Å². The first-order valence-corrected chi connectivity index (χ1v) is 5.69. The minimum absolute atomic E-state index is 0.338. The van der Waals surface area contributed by atoms with Gasteiger partial charge >= 0.3 is 12.0 Å². The van der Waals surface area contributed by atoms with Crippen LogP contribution in [0.25, 0.3) is 0 Å². The number of carboxylic acid groups (broad SMARTS) is 1. The van der Waals surface area contributed by atoms with Gasteiger partial charge in [0.2, 0.25) is 6.17 Å². The highest BCUT2D eigenvalue weighted by molar-refractivity contribution is 5.97. The number of carbonyl (C=O) groups excluding carboxylic acids is 1. The van der Waals surface area contributed by atoms with Crippen LogP contribution in [-0.4, -0.2) is 46.8 Å². The molecule has 1 heterocycles. The van der Waals surface area contributed by atoms with Gasteiger partial charge in [-0.25, -0.2) is 14.6 Å². The topological polar surface area (TPSA) is 64.1 Å². The molecule has 1 saturated heterocycles. The van der Waals surface area contributed by atoms with Crippen LogP contribution in [0.5, 0.6) is 0 Å². The number of hydrogen-bond donors (Lipinski definition) is 1. The molecule has 0 saturated carbocycles.